The molecule has 2 aromatic carbocycles. The molecule has 0 heterocycles. The Morgan fingerprint density at radius 1 is 0.857 bits per heavy atom. The van der Waals surface area contributed by atoms with E-state index in [9.17, 15) is 0 Å². The molecule has 0 aromatic heterocycles. The van der Waals surface area contributed by atoms with Crippen LogP contribution in [0.4, 0.5) is 0 Å². The fourth-order valence-electron chi connectivity index (χ4n) is 2.37. The van der Waals surface area contributed by atoms with Crippen LogP contribution in [-0.4, -0.2) is 14.2 Å². The molecule has 21 heavy (non-hydrogen) atoms. The molecule has 0 amide bonds. The Hall–Kier alpha value is -2.00. The Labute approximate surface area is 126 Å². The van der Waals surface area contributed by atoms with Crippen molar-refractivity contribution >= 4 is 0 Å². The van der Waals surface area contributed by atoms with Gasteiger partial charge in [-0.25, -0.2) is 0 Å². The van der Waals surface area contributed by atoms with E-state index < -0.39 is 0 Å². The van der Waals surface area contributed by atoms with Gasteiger partial charge in [0.1, 0.15) is 11.5 Å². The zero-order chi connectivity index (χ0) is 15.2. The molecule has 1 N–H and O–H groups in total. The minimum atomic E-state index is 0.764. The highest BCUT2D eigenvalue weighted by molar-refractivity contribution is 5.40. The van der Waals surface area contributed by atoms with Gasteiger partial charge in [-0.15, -0.1) is 0 Å². The number of benzene rings is 2. The molecule has 0 aliphatic rings. The van der Waals surface area contributed by atoms with Gasteiger partial charge in [0, 0.05) is 24.7 Å². The lowest BCUT2D eigenvalue weighted by Crippen LogP contribution is -2.14. The molecule has 0 aliphatic carbocycles. The summed E-state index contributed by atoms with van der Waals surface area (Å²) in [5.74, 6) is 1.66. The first kappa shape index (κ1) is 15.4. The van der Waals surface area contributed by atoms with E-state index in [-0.39, 0.29) is 0 Å². The summed E-state index contributed by atoms with van der Waals surface area (Å²) in [4.78, 5) is 0. The summed E-state index contributed by atoms with van der Waals surface area (Å²) < 4.78 is 10.6. The van der Waals surface area contributed by atoms with Gasteiger partial charge in [0.05, 0.1) is 14.2 Å². The van der Waals surface area contributed by atoms with E-state index >= 15 is 0 Å². The molecule has 0 spiro atoms. The van der Waals surface area contributed by atoms with E-state index in [1.54, 1.807) is 14.2 Å². The van der Waals surface area contributed by atoms with Crippen molar-refractivity contribution in [3.63, 3.8) is 0 Å². The topological polar surface area (TPSA) is 30.5 Å². The Kier molecular flexibility index (Phi) is 5.23. The third kappa shape index (κ3) is 3.99. The zero-order valence-corrected chi connectivity index (χ0v) is 13.2. The van der Waals surface area contributed by atoms with Crippen molar-refractivity contribution in [2.75, 3.05) is 14.2 Å². The van der Waals surface area contributed by atoms with Crippen LogP contribution in [0.3, 0.4) is 0 Å². The predicted octanol–water partition coefficient (Wildman–Crippen LogP) is 3.61. The van der Waals surface area contributed by atoms with Crippen LogP contribution in [0.5, 0.6) is 11.5 Å². The first-order valence-corrected chi connectivity index (χ1v) is 7.12. The van der Waals surface area contributed by atoms with Crippen LogP contribution in [0.1, 0.15) is 22.3 Å². The van der Waals surface area contributed by atoms with Crippen LogP contribution in [-0.2, 0) is 13.1 Å². The molecule has 2 rings (SSSR count). The molecule has 0 saturated heterocycles. The van der Waals surface area contributed by atoms with E-state index in [2.05, 4.69) is 37.4 Å². The van der Waals surface area contributed by atoms with Gasteiger partial charge < -0.3 is 14.8 Å². The maximum absolute atomic E-state index is 5.41. The van der Waals surface area contributed by atoms with Crippen molar-refractivity contribution in [2.24, 2.45) is 0 Å². The second kappa shape index (κ2) is 7.14. The second-order valence-corrected chi connectivity index (χ2v) is 5.21. The van der Waals surface area contributed by atoms with Crippen molar-refractivity contribution in [1.82, 2.24) is 5.32 Å². The highest BCUT2D eigenvalue weighted by Gasteiger charge is 2.05. The molecule has 0 atom stereocenters. The summed E-state index contributed by atoms with van der Waals surface area (Å²) in [5, 5.41) is 3.47. The Morgan fingerprint density at radius 3 is 2.24 bits per heavy atom. The molecular formula is C18H23NO2. The Bertz CT molecular complexity index is 608. The first-order valence-electron chi connectivity index (χ1n) is 7.12. The summed E-state index contributed by atoms with van der Waals surface area (Å²) in [7, 11) is 3.34. The van der Waals surface area contributed by atoms with Crippen molar-refractivity contribution in [3.8, 4) is 11.5 Å². The molecule has 3 nitrogen and oxygen atoms in total. The number of rotatable bonds is 6. The van der Waals surface area contributed by atoms with Crippen molar-refractivity contribution in [3.05, 3.63) is 58.7 Å². The fourth-order valence-corrected chi connectivity index (χ4v) is 2.37. The largest absolute Gasteiger partial charge is 0.497 e. The molecule has 0 unspecified atom stereocenters. The van der Waals surface area contributed by atoms with Gasteiger partial charge in [-0.3, -0.25) is 0 Å². The molecule has 112 valence electrons. The minimum absolute atomic E-state index is 0.764. The highest BCUT2D eigenvalue weighted by Crippen LogP contribution is 2.24. The third-order valence-electron chi connectivity index (χ3n) is 3.62. The van der Waals surface area contributed by atoms with Crippen molar-refractivity contribution < 1.29 is 9.47 Å². The summed E-state index contributed by atoms with van der Waals surface area (Å²) in [5.41, 5.74) is 5.08. The van der Waals surface area contributed by atoms with Crippen LogP contribution in [0.2, 0.25) is 0 Å². The van der Waals surface area contributed by atoms with Crippen molar-refractivity contribution in [1.29, 1.82) is 0 Å². The average Bonchev–Trinajstić information content (AvgIpc) is 2.49. The van der Waals surface area contributed by atoms with E-state index in [0.29, 0.717) is 0 Å². The summed E-state index contributed by atoms with van der Waals surface area (Å²) in [6.07, 6.45) is 0. The SMILES string of the molecule is COc1ccc(CNCc2ccc(C)cc2C)c(OC)c1. The molecule has 0 radical (unpaired) electrons. The van der Waals surface area contributed by atoms with Crippen LogP contribution in [0.25, 0.3) is 0 Å². The summed E-state index contributed by atoms with van der Waals surface area (Å²) >= 11 is 0. The summed E-state index contributed by atoms with van der Waals surface area (Å²) in [6, 6.07) is 12.4. The van der Waals surface area contributed by atoms with E-state index in [1.165, 1.54) is 16.7 Å². The van der Waals surface area contributed by atoms with Gasteiger partial charge in [0.25, 0.3) is 0 Å². The number of hydrogen-bond acceptors (Lipinski definition) is 3. The standard InChI is InChI=1S/C18H23NO2/c1-13-5-6-15(14(2)9-13)11-19-12-16-7-8-17(20-3)10-18(16)21-4/h5-10,19H,11-12H2,1-4H3. The molecule has 0 fully saturated rings. The number of nitrogens with one attached hydrogen (secondary N) is 1. The number of methoxy groups -OCH3 is 2. The van der Waals surface area contributed by atoms with E-state index in [1.807, 2.05) is 18.2 Å². The molecular weight excluding hydrogens is 262 g/mol. The van der Waals surface area contributed by atoms with Gasteiger partial charge in [-0.1, -0.05) is 29.8 Å². The lowest BCUT2D eigenvalue weighted by atomic mass is 10.1. The lowest BCUT2D eigenvalue weighted by molar-refractivity contribution is 0.390. The molecule has 0 aliphatic heterocycles. The van der Waals surface area contributed by atoms with Crippen LogP contribution in [0.15, 0.2) is 36.4 Å². The number of ether oxygens (including phenoxy) is 2. The van der Waals surface area contributed by atoms with Gasteiger partial charge in [0.15, 0.2) is 0 Å². The summed E-state index contributed by atoms with van der Waals surface area (Å²) in [6.45, 7) is 5.88. The molecule has 0 saturated carbocycles. The average molecular weight is 285 g/mol. The lowest BCUT2D eigenvalue weighted by Gasteiger charge is -2.12. The van der Waals surface area contributed by atoms with Gasteiger partial charge in [0.2, 0.25) is 0 Å². The normalized spacial score (nSPS) is 10.5. The Morgan fingerprint density at radius 2 is 1.57 bits per heavy atom. The molecule has 3 heteroatoms. The number of hydrogen-bond donors (Lipinski definition) is 1. The minimum Gasteiger partial charge on any atom is -0.497 e. The monoisotopic (exact) mass is 285 g/mol. The maximum atomic E-state index is 5.41. The van der Waals surface area contributed by atoms with Crippen LogP contribution >= 0.6 is 0 Å². The second-order valence-electron chi connectivity index (χ2n) is 5.21. The highest BCUT2D eigenvalue weighted by atomic mass is 16.5. The van der Waals surface area contributed by atoms with Crippen LogP contribution in [0, 0.1) is 13.8 Å². The van der Waals surface area contributed by atoms with Crippen LogP contribution < -0.4 is 14.8 Å². The third-order valence-corrected chi connectivity index (χ3v) is 3.62. The first-order chi connectivity index (χ1) is 10.1. The van der Waals surface area contributed by atoms with Gasteiger partial charge in [-0.05, 0) is 31.0 Å². The predicted molar refractivity (Wildman–Crippen MR) is 86.0 cm³/mol. The van der Waals surface area contributed by atoms with Gasteiger partial charge >= 0.3 is 0 Å². The molecule has 2 aromatic rings. The fraction of sp³-hybridized carbons (Fsp3) is 0.333. The molecule has 0 bridgehead atoms. The van der Waals surface area contributed by atoms with Gasteiger partial charge in [-0.2, -0.15) is 0 Å². The van der Waals surface area contributed by atoms with E-state index in [0.717, 1.165) is 30.2 Å². The zero-order valence-electron chi connectivity index (χ0n) is 13.2. The maximum Gasteiger partial charge on any atom is 0.127 e. The Balaban J connectivity index is 2.00. The number of aryl methyl sites for hydroxylation is 2. The smallest absolute Gasteiger partial charge is 0.127 e. The quantitative estimate of drug-likeness (QED) is 0.879. The van der Waals surface area contributed by atoms with E-state index in [4.69, 9.17) is 9.47 Å². The van der Waals surface area contributed by atoms with Crippen molar-refractivity contribution in [2.45, 2.75) is 26.9 Å².